The molecule has 3 N–H and O–H groups in total. The van der Waals surface area contributed by atoms with E-state index in [-0.39, 0.29) is 18.1 Å². The average Bonchev–Trinajstić information content (AvgIpc) is 2.46. The third-order valence-corrected chi connectivity index (χ3v) is 2.86. The summed E-state index contributed by atoms with van der Waals surface area (Å²) >= 11 is 0. The van der Waals surface area contributed by atoms with Gasteiger partial charge in [0.25, 0.3) is 0 Å². The molecule has 1 amide bonds. The van der Waals surface area contributed by atoms with Crippen LogP contribution in [-0.4, -0.2) is 59.6 Å². The first-order chi connectivity index (χ1) is 9.16. The summed E-state index contributed by atoms with van der Waals surface area (Å²) in [6.45, 7) is 3.12. The number of carboxylic acids is 1. The van der Waals surface area contributed by atoms with Gasteiger partial charge in [0.2, 0.25) is 5.91 Å². The van der Waals surface area contributed by atoms with Gasteiger partial charge in [-0.15, -0.1) is 0 Å². The number of carboxylic acid groups (broad SMARTS) is 1. The molecule has 1 aromatic heterocycles. The van der Waals surface area contributed by atoms with E-state index in [2.05, 4.69) is 15.6 Å². The molecule has 0 bridgehead atoms. The first kappa shape index (κ1) is 13.3. The third kappa shape index (κ3) is 3.65. The molecule has 1 fully saturated rings. The Balaban J connectivity index is 1.89. The molecule has 0 radical (unpaired) electrons. The summed E-state index contributed by atoms with van der Waals surface area (Å²) in [6, 6.07) is 4.64. The maximum Gasteiger partial charge on any atom is 0.354 e. The monoisotopic (exact) mass is 264 g/mol. The zero-order chi connectivity index (χ0) is 13.7. The van der Waals surface area contributed by atoms with Crippen LogP contribution in [0, 0.1) is 0 Å². The lowest BCUT2D eigenvalue weighted by Gasteiger charge is -2.27. The summed E-state index contributed by atoms with van der Waals surface area (Å²) in [5.74, 6) is -0.704. The lowest BCUT2D eigenvalue weighted by atomic mass is 10.3. The molecule has 1 aliphatic heterocycles. The molecule has 7 heteroatoms. The molecule has 2 heterocycles. The van der Waals surface area contributed by atoms with E-state index < -0.39 is 5.97 Å². The predicted octanol–water partition coefficient (Wildman–Crippen LogP) is -0.376. The number of hydrogen-bond acceptors (Lipinski definition) is 5. The number of nitrogens with one attached hydrogen (secondary N) is 2. The maximum absolute atomic E-state index is 11.9. The minimum atomic E-state index is -1.09. The maximum atomic E-state index is 11.9. The number of rotatable bonds is 4. The fourth-order valence-electron chi connectivity index (χ4n) is 1.84. The molecule has 19 heavy (non-hydrogen) atoms. The molecule has 0 saturated carbocycles. The molecular formula is C12H16N4O3. The number of nitrogens with zero attached hydrogens (tertiary/aromatic N) is 2. The Labute approximate surface area is 110 Å². The van der Waals surface area contributed by atoms with Crippen LogP contribution in [0.2, 0.25) is 0 Å². The predicted molar refractivity (Wildman–Crippen MR) is 69.1 cm³/mol. The number of aromatic carboxylic acids is 1. The number of piperazine rings is 1. The second-order valence-electron chi connectivity index (χ2n) is 4.20. The van der Waals surface area contributed by atoms with Crippen LogP contribution in [0.1, 0.15) is 10.5 Å². The van der Waals surface area contributed by atoms with Crippen molar-refractivity contribution in [3.8, 4) is 0 Å². The Kier molecular flexibility index (Phi) is 4.30. The average molecular weight is 264 g/mol. The second-order valence-corrected chi connectivity index (χ2v) is 4.20. The molecule has 1 aromatic rings. The molecule has 7 nitrogen and oxygen atoms in total. The van der Waals surface area contributed by atoms with Gasteiger partial charge >= 0.3 is 5.97 Å². The molecule has 0 spiro atoms. The van der Waals surface area contributed by atoms with Gasteiger partial charge < -0.3 is 20.6 Å². The Morgan fingerprint density at radius 3 is 2.79 bits per heavy atom. The van der Waals surface area contributed by atoms with Crippen LogP contribution in [0.4, 0.5) is 5.82 Å². The highest BCUT2D eigenvalue weighted by Crippen LogP contribution is 2.05. The van der Waals surface area contributed by atoms with Gasteiger partial charge in [0.15, 0.2) is 5.69 Å². The van der Waals surface area contributed by atoms with Crippen molar-refractivity contribution in [2.24, 2.45) is 0 Å². The number of aromatic nitrogens is 1. The number of anilines is 1. The van der Waals surface area contributed by atoms with E-state index in [1.165, 1.54) is 6.07 Å². The van der Waals surface area contributed by atoms with Crippen LogP contribution in [0.15, 0.2) is 18.2 Å². The Morgan fingerprint density at radius 1 is 1.37 bits per heavy atom. The smallest absolute Gasteiger partial charge is 0.354 e. The number of hydrogen-bond donors (Lipinski definition) is 3. The van der Waals surface area contributed by atoms with Crippen molar-refractivity contribution in [1.29, 1.82) is 0 Å². The lowest BCUT2D eigenvalue weighted by molar-refractivity contribution is -0.129. The van der Waals surface area contributed by atoms with E-state index in [4.69, 9.17) is 5.11 Å². The van der Waals surface area contributed by atoms with Gasteiger partial charge in [-0.2, -0.15) is 0 Å². The van der Waals surface area contributed by atoms with Gasteiger partial charge in [-0.25, -0.2) is 9.78 Å². The zero-order valence-corrected chi connectivity index (χ0v) is 10.4. The molecule has 2 rings (SSSR count). The van der Waals surface area contributed by atoms with E-state index in [0.29, 0.717) is 18.9 Å². The van der Waals surface area contributed by atoms with Crippen molar-refractivity contribution in [2.75, 3.05) is 38.0 Å². The fourth-order valence-corrected chi connectivity index (χ4v) is 1.84. The van der Waals surface area contributed by atoms with E-state index in [1.54, 1.807) is 17.0 Å². The molecular weight excluding hydrogens is 248 g/mol. The van der Waals surface area contributed by atoms with Crippen molar-refractivity contribution in [3.05, 3.63) is 23.9 Å². The molecule has 0 unspecified atom stereocenters. The summed E-state index contributed by atoms with van der Waals surface area (Å²) in [7, 11) is 0. The summed E-state index contributed by atoms with van der Waals surface area (Å²) in [4.78, 5) is 28.3. The van der Waals surface area contributed by atoms with Crippen molar-refractivity contribution in [1.82, 2.24) is 15.2 Å². The normalized spacial score (nSPS) is 15.1. The quantitative estimate of drug-likeness (QED) is 0.686. The van der Waals surface area contributed by atoms with Gasteiger partial charge in [-0.1, -0.05) is 6.07 Å². The van der Waals surface area contributed by atoms with Crippen molar-refractivity contribution in [3.63, 3.8) is 0 Å². The Bertz CT molecular complexity index is 472. The van der Waals surface area contributed by atoms with E-state index in [1.807, 2.05) is 0 Å². The molecule has 0 aromatic carbocycles. The van der Waals surface area contributed by atoms with Gasteiger partial charge in [0.1, 0.15) is 5.82 Å². The summed E-state index contributed by atoms with van der Waals surface area (Å²) in [5.41, 5.74) is -0.0420. The lowest BCUT2D eigenvalue weighted by Crippen LogP contribution is -2.48. The summed E-state index contributed by atoms with van der Waals surface area (Å²) in [6.07, 6.45) is 0. The molecule has 102 valence electrons. The highest BCUT2D eigenvalue weighted by Gasteiger charge is 2.15. The molecule has 0 atom stereocenters. The SMILES string of the molecule is O=C(O)c1cccc(NCC(=O)N2CCNCC2)n1. The Morgan fingerprint density at radius 2 is 2.11 bits per heavy atom. The Hall–Kier alpha value is -2.15. The fraction of sp³-hybridized carbons (Fsp3) is 0.417. The van der Waals surface area contributed by atoms with Crippen LogP contribution in [0.25, 0.3) is 0 Å². The third-order valence-electron chi connectivity index (χ3n) is 2.86. The van der Waals surface area contributed by atoms with Gasteiger partial charge in [-0.3, -0.25) is 4.79 Å². The van der Waals surface area contributed by atoms with Crippen LogP contribution >= 0.6 is 0 Å². The topological polar surface area (TPSA) is 94.6 Å². The zero-order valence-electron chi connectivity index (χ0n) is 10.4. The van der Waals surface area contributed by atoms with Crippen LogP contribution in [0.3, 0.4) is 0 Å². The van der Waals surface area contributed by atoms with Crippen LogP contribution < -0.4 is 10.6 Å². The number of amides is 1. The molecule has 1 aliphatic rings. The van der Waals surface area contributed by atoms with Gasteiger partial charge in [-0.05, 0) is 12.1 Å². The van der Waals surface area contributed by atoms with Crippen molar-refractivity contribution in [2.45, 2.75) is 0 Å². The highest BCUT2D eigenvalue weighted by molar-refractivity contribution is 5.86. The largest absolute Gasteiger partial charge is 0.477 e. The van der Waals surface area contributed by atoms with Crippen LogP contribution in [0.5, 0.6) is 0 Å². The van der Waals surface area contributed by atoms with Crippen LogP contribution in [-0.2, 0) is 4.79 Å². The minimum Gasteiger partial charge on any atom is -0.477 e. The van der Waals surface area contributed by atoms with Crippen molar-refractivity contribution >= 4 is 17.7 Å². The van der Waals surface area contributed by atoms with E-state index >= 15 is 0 Å². The second kappa shape index (κ2) is 6.14. The number of carbonyl (C=O) groups excluding carboxylic acids is 1. The first-order valence-corrected chi connectivity index (χ1v) is 6.09. The number of carbonyl (C=O) groups is 2. The van der Waals surface area contributed by atoms with Gasteiger partial charge in [0, 0.05) is 26.2 Å². The van der Waals surface area contributed by atoms with Crippen molar-refractivity contribution < 1.29 is 14.7 Å². The summed E-state index contributed by atoms with van der Waals surface area (Å²) < 4.78 is 0. The summed E-state index contributed by atoms with van der Waals surface area (Å²) in [5, 5.41) is 14.8. The first-order valence-electron chi connectivity index (χ1n) is 6.09. The van der Waals surface area contributed by atoms with E-state index in [0.717, 1.165) is 13.1 Å². The minimum absolute atomic E-state index is 0.0102. The standard InChI is InChI=1S/C12H16N4O3/c17-11(16-6-4-13-5-7-16)8-14-10-3-1-2-9(15-10)12(18)19/h1-3,13H,4-8H2,(H,14,15)(H,18,19). The highest BCUT2D eigenvalue weighted by atomic mass is 16.4. The molecule has 0 aliphatic carbocycles. The number of pyridine rings is 1. The van der Waals surface area contributed by atoms with Gasteiger partial charge in [0.05, 0.1) is 6.54 Å². The molecule has 1 saturated heterocycles. The van der Waals surface area contributed by atoms with E-state index in [9.17, 15) is 9.59 Å².